The molecule has 0 aromatic heterocycles. The molecule has 0 amide bonds. The fourth-order valence-electron chi connectivity index (χ4n) is 6.98. The third kappa shape index (κ3) is 13.7. The summed E-state index contributed by atoms with van der Waals surface area (Å²) in [5, 5.41) is 7.38. The highest BCUT2D eigenvalue weighted by molar-refractivity contribution is 7.86. The number of hydrogen-bond acceptors (Lipinski definition) is 11. The summed E-state index contributed by atoms with van der Waals surface area (Å²) in [6.07, 6.45) is 18.4. The van der Waals surface area contributed by atoms with Crippen LogP contribution in [0.1, 0.15) is 94.2 Å². The molecule has 58 heavy (non-hydrogen) atoms. The van der Waals surface area contributed by atoms with Gasteiger partial charge in [-0.1, -0.05) is 73.7 Å². The smallest absolute Gasteiger partial charge is 0.305 e. The van der Waals surface area contributed by atoms with E-state index in [0.717, 1.165) is 74.5 Å². The summed E-state index contributed by atoms with van der Waals surface area (Å²) in [4.78, 5) is 20.7. The van der Waals surface area contributed by atoms with Gasteiger partial charge >= 0.3 is 5.97 Å². The molecule has 1 aliphatic carbocycles. The molecule has 2 aliphatic heterocycles. The number of halogens is 3. The van der Waals surface area contributed by atoms with Crippen molar-refractivity contribution >= 4 is 45.3 Å². The molecule has 0 bridgehead atoms. The van der Waals surface area contributed by atoms with E-state index in [4.69, 9.17) is 31.0 Å². The number of nitrogens with two attached hydrogens (primary N) is 1. The van der Waals surface area contributed by atoms with Crippen molar-refractivity contribution in [2.75, 3.05) is 32.6 Å². The Balaban J connectivity index is 1.04. The van der Waals surface area contributed by atoms with E-state index in [1.54, 1.807) is 25.3 Å². The van der Waals surface area contributed by atoms with Crippen molar-refractivity contribution in [2.24, 2.45) is 15.7 Å². The summed E-state index contributed by atoms with van der Waals surface area (Å²) in [7, 11) is -3.63. The average Bonchev–Trinajstić information content (AvgIpc) is 3.33. The number of carbonyl (C=O) groups excluding carboxylic acids is 1. The SMILES string of the molecule is CCOC(=O)CCCCCCCOCC(CCCC/C=C(\N)C1=CCC(NC2N=CC3=C(N2)c2ccc(Cl)cc2C(c2c(F)cccc2F)=NC3)C=C1)OS(C)(=O)=O. The minimum Gasteiger partial charge on any atom is -0.466 e. The molecule has 3 atom stereocenters. The molecule has 2 aromatic carbocycles. The molecular weight excluding hydrogens is 788 g/mol. The van der Waals surface area contributed by atoms with Crippen molar-refractivity contribution < 1.29 is 35.6 Å². The highest BCUT2D eigenvalue weighted by Crippen LogP contribution is 2.32. The van der Waals surface area contributed by atoms with Crippen LogP contribution < -0.4 is 16.4 Å². The number of allylic oxidation sites excluding steroid dienone is 2. The Kier molecular flexibility index (Phi) is 17.2. The fourth-order valence-corrected chi connectivity index (χ4v) is 7.80. The molecule has 0 saturated heterocycles. The molecular formula is C43H54ClF2N5O6S. The van der Waals surface area contributed by atoms with Crippen LogP contribution in [0, 0.1) is 11.6 Å². The number of fused-ring (bicyclic) bond motifs is 2. The van der Waals surface area contributed by atoms with Gasteiger partial charge in [0.15, 0.2) is 6.29 Å². The van der Waals surface area contributed by atoms with Crippen molar-refractivity contribution in [2.45, 2.75) is 96.0 Å². The first-order chi connectivity index (χ1) is 27.9. The van der Waals surface area contributed by atoms with Gasteiger partial charge in [-0.05, 0) is 75.3 Å². The van der Waals surface area contributed by atoms with Gasteiger partial charge in [-0.3, -0.25) is 24.3 Å². The number of nitrogens with one attached hydrogen (secondary N) is 2. The van der Waals surface area contributed by atoms with Crippen LogP contribution in [0.15, 0.2) is 87.5 Å². The highest BCUT2D eigenvalue weighted by Gasteiger charge is 2.28. The van der Waals surface area contributed by atoms with Gasteiger partial charge in [0.2, 0.25) is 0 Å². The molecule has 15 heteroatoms. The maximum absolute atomic E-state index is 14.9. The number of esters is 1. The molecule has 3 aliphatic rings. The first kappa shape index (κ1) is 44.9. The first-order valence-electron chi connectivity index (χ1n) is 20.0. The van der Waals surface area contributed by atoms with Crippen LogP contribution in [-0.2, 0) is 28.6 Å². The van der Waals surface area contributed by atoms with Crippen LogP contribution in [0.2, 0.25) is 5.02 Å². The number of benzene rings is 2. The minimum absolute atomic E-state index is 0.0417. The van der Waals surface area contributed by atoms with Gasteiger partial charge in [0, 0.05) is 52.7 Å². The Bertz CT molecular complexity index is 2030. The van der Waals surface area contributed by atoms with Crippen molar-refractivity contribution in [1.29, 1.82) is 0 Å². The number of carbonyl (C=O) groups is 1. The third-order valence-electron chi connectivity index (χ3n) is 9.83. The summed E-state index contributed by atoms with van der Waals surface area (Å²) < 4.78 is 69.6. The largest absolute Gasteiger partial charge is 0.466 e. The second-order valence-electron chi connectivity index (χ2n) is 14.5. The lowest BCUT2D eigenvalue weighted by Gasteiger charge is -2.28. The van der Waals surface area contributed by atoms with Crippen LogP contribution in [-0.4, -0.2) is 77.4 Å². The third-order valence-corrected chi connectivity index (χ3v) is 10.7. The topological polar surface area (TPSA) is 154 Å². The van der Waals surface area contributed by atoms with Crippen LogP contribution >= 0.6 is 11.6 Å². The highest BCUT2D eigenvalue weighted by atomic mass is 35.5. The summed E-state index contributed by atoms with van der Waals surface area (Å²) in [6.45, 7) is 3.10. The number of hydrogen-bond donors (Lipinski definition) is 3. The summed E-state index contributed by atoms with van der Waals surface area (Å²) in [5.74, 6) is -1.56. The first-order valence-corrected chi connectivity index (χ1v) is 22.1. The summed E-state index contributed by atoms with van der Waals surface area (Å²) >= 11 is 6.37. The molecule has 0 fully saturated rings. The Morgan fingerprint density at radius 1 is 1.09 bits per heavy atom. The Morgan fingerprint density at radius 3 is 2.60 bits per heavy atom. The monoisotopic (exact) mass is 841 g/mol. The molecule has 4 N–H and O–H groups in total. The predicted octanol–water partition coefficient (Wildman–Crippen LogP) is 7.65. The molecule has 2 heterocycles. The standard InChI is InChI=1S/C43H54ClF2N5O6S/c1-3-56-39(52)17-10-5-4-6-11-24-55-28-33(57-58(2,53)54)13-8-7-9-16-38(47)29-18-21-32(22-19-29)50-43-49-27-30-26-48-42(40-36(45)14-12-15-37(40)46)35-25-31(44)20-23-34(35)41(30)51-43/h12,14-16,18-21,23,25,27,32-33,43,50-51H,3-11,13,17,22,24,26,28,47H2,1-2H3/b38-16-. The van der Waals surface area contributed by atoms with Crippen LogP contribution in [0.25, 0.3) is 5.70 Å². The minimum atomic E-state index is -3.63. The van der Waals surface area contributed by atoms with E-state index >= 15 is 0 Å². The van der Waals surface area contributed by atoms with Crippen LogP contribution in [0.5, 0.6) is 0 Å². The van der Waals surface area contributed by atoms with Gasteiger partial charge in [-0.2, -0.15) is 8.42 Å². The van der Waals surface area contributed by atoms with Gasteiger partial charge in [0.05, 0.1) is 43.0 Å². The molecule has 0 saturated carbocycles. The zero-order valence-electron chi connectivity index (χ0n) is 33.2. The lowest BCUT2D eigenvalue weighted by molar-refractivity contribution is -0.143. The zero-order chi connectivity index (χ0) is 41.5. The van der Waals surface area contributed by atoms with E-state index in [2.05, 4.69) is 26.7 Å². The van der Waals surface area contributed by atoms with E-state index in [1.165, 1.54) is 18.2 Å². The average molecular weight is 842 g/mol. The van der Waals surface area contributed by atoms with E-state index in [-0.39, 0.29) is 36.4 Å². The van der Waals surface area contributed by atoms with Crippen molar-refractivity contribution in [1.82, 2.24) is 10.6 Å². The van der Waals surface area contributed by atoms with Gasteiger partial charge in [-0.15, -0.1) is 0 Å². The Labute approximate surface area is 345 Å². The van der Waals surface area contributed by atoms with Crippen molar-refractivity contribution in [3.8, 4) is 0 Å². The number of nitrogens with zero attached hydrogens (tertiary/aromatic N) is 2. The lowest BCUT2D eigenvalue weighted by atomic mass is 9.94. The van der Waals surface area contributed by atoms with Gasteiger partial charge in [-0.25, -0.2) is 8.78 Å². The molecule has 11 nitrogen and oxygen atoms in total. The predicted molar refractivity (Wildman–Crippen MR) is 225 cm³/mol. The normalized spacial score (nSPS) is 18.5. The quantitative estimate of drug-likeness (QED) is 0.0617. The van der Waals surface area contributed by atoms with Gasteiger partial charge in [0.25, 0.3) is 10.1 Å². The Hall–Kier alpha value is -4.21. The molecule has 0 spiro atoms. The Morgan fingerprint density at radius 2 is 1.86 bits per heavy atom. The summed E-state index contributed by atoms with van der Waals surface area (Å²) in [5.41, 5.74) is 10.8. The molecule has 314 valence electrons. The van der Waals surface area contributed by atoms with E-state index in [1.807, 2.05) is 24.3 Å². The maximum atomic E-state index is 14.9. The number of aliphatic imine (C=N–C) groups is 2. The number of unbranched alkanes of at least 4 members (excludes halogenated alkanes) is 6. The molecule has 3 unspecified atom stereocenters. The number of ether oxygens (including phenoxy) is 2. The summed E-state index contributed by atoms with van der Waals surface area (Å²) in [6, 6.07) is 8.94. The van der Waals surface area contributed by atoms with Gasteiger partial charge in [0.1, 0.15) is 17.7 Å². The lowest BCUT2D eigenvalue weighted by Crippen LogP contribution is -2.47. The van der Waals surface area contributed by atoms with Crippen LogP contribution in [0.4, 0.5) is 8.78 Å². The van der Waals surface area contributed by atoms with E-state index in [9.17, 15) is 22.0 Å². The van der Waals surface area contributed by atoms with E-state index in [0.29, 0.717) is 54.3 Å². The van der Waals surface area contributed by atoms with Crippen molar-refractivity contribution in [3.63, 3.8) is 0 Å². The number of rotatable bonds is 22. The van der Waals surface area contributed by atoms with Crippen LogP contribution in [0.3, 0.4) is 0 Å². The van der Waals surface area contributed by atoms with Crippen molar-refractivity contribution in [3.05, 3.63) is 111 Å². The maximum Gasteiger partial charge on any atom is 0.305 e. The second kappa shape index (κ2) is 22.2. The van der Waals surface area contributed by atoms with E-state index < -0.39 is 34.1 Å². The molecule has 2 aromatic rings. The molecule has 5 rings (SSSR count). The van der Waals surface area contributed by atoms with Gasteiger partial charge < -0.3 is 20.5 Å². The zero-order valence-corrected chi connectivity index (χ0v) is 34.7. The fraction of sp³-hybridized carbons (Fsp3) is 0.465. The molecule has 0 radical (unpaired) electrons. The second-order valence-corrected chi connectivity index (χ2v) is 16.5.